The Morgan fingerprint density at radius 3 is 2.50 bits per heavy atom. The standard InChI is InChI=1S/C7H15NO5S/c1-2-5-14(12,13)8-4-3-6(9)7(10)11/h6,8-9H,2-5H2,1H3,(H,10,11)/t6-/m0/s1. The Bertz CT molecular complexity index is 274. The second kappa shape index (κ2) is 5.94. The number of carbonyl (C=O) groups is 1. The van der Waals surface area contributed by atoms with Gasteiger partial charge in [0.25, 0.3) is 0 Å². The third-order valence-electron chi connectivity index (χ3n) is 1.50. The Hall–Kier alpha value is -0.660. The van der Waals surface area contributed by atoms with Crippen molar-refractivity contribution >= 4 is 16.0 Å². The van der Waals surface area contributed by atoms with Crippen molar-refractivity contribution in [3.8, 4) is 0 Å². The summed E-state index contributed by atoms with van der Waals surface area (Å²) in [6, 6.07) is 0. The molecule has 0 rings (SSSR count). The van der Waals surface area contributed by atoms with Crippen LogP contribution in [-0.2, 0) is 14.8 Å². The molecule has 0 aromatic rings. The molecular formula is C7H15NO5S. The van der Waals surface area contributed by atoms with Gasteiger partial charge in [-0.1, -0.05) is 6.92 Å². The molecule has 0 aliphatic carbocycles. The second-order valence-corrected chi connectivity index (χ2v) is 4.78. The first-order valence-electron chi connectivity index (χ1n) is 4.27. The van der Waals surface area contributed by atoms with Crippen molar-refractivity contribution in [2.45, 2.75) is 25.9 Å². The highest BCUT2D eigenvalue weighted by atomic mass is 32.2. The highest BCUT2D eigenvalue weighted by Gasteiger charge is 2.14. The van der Waals surface area contributed by atoms with Crippen LogP contribution < -0.4 is 4.72 Å². The van der Waals surface area contributed by atoms with Crippen LogP contribution in [0.2, 0.25) is 0 Å². The Kier molecular flexibility index (Phi) is 5.66. The molecule has 0 amide bonds. The number of aliphatic hydroxyl groups excluding tert-OH is 1. The molecule has 14 heavy (non-hydrogen) atoms. The van der Waals surface area contributed by atoms with Gasteiger partial charge in [0.1, 0.15) is 0 Å². The fraction of sp³-hybridized carbons (Fsp3) is 0.857. The van der Waals surface area contributed by atoms with Crippen LogP contribution in [0.15, 0.2) is 0 Å². The van der Waals surface area contributed by atoms with Gasteiger partial charge >= 0.3 is 5.97 Å². The van der Waals surface area contributed by atoms with Gasteiger partial charge in [0.05, 0.1) is 5.75 Å². The van der Waals surface area contributed by atoms with Gasteiger partial charge in [-0.3, -0.25) is 0 Å². The molecule has 3 N–H and O–H groups in total. The number of nitrogens with one attached hydrogen (secondary N) is 1. The Morgan fingerprint density at radius 2 is 2.07 bits per heavy atom. The molecule has 0 heterocycles. The van der Waals surface area contributed by atoms with E-state index in [1.54, 1.807) is 6.92 Å². The number of aliphatic hydroxyl groups is 1. The summed E-state index contributed by atoms with van der Waals surface area (Å²) in [7, 11) is -3.31. The van der Waals surface area contributed by atoms with Gasteiger partial charge in [0.2, 0.25) is 10.0 Å². The summed E-state index contributed by atoms with van der Waals surface area (Å²) in [5, 5.41) is 17.1. The molecule has 0 saturated carbocycles. The minimum Gasteiger partial charge on any atom is -0.479 e. The van der Waals surface area contributed by atoms with Crippen LogP contribution in [0.1, 0.15) is 19.8 Å². The van der Waals surface area contributed by atoms with Gasteiger partial charge in [0, 0.05) is 6.54 Å². The highest BCUT2D eigenvalue weighted by molar-refractivity contribution is 7.89. The number of hydrogen-bond acceptors (Lipinski definition) is 4. The molecule has 0 spiro atoms. The van der Waals surface area contributed by atoms with Crippen molar-refractivity contribution < 1.29 is 23.4 Å². The molecule has 0 aromatic heterocycles. The van der Waals surface area contributed by atoms with Crippen molar-refractivity contribution in [1.82, 2.24) is 4.72 Å². The first-order valence-corrected chi connectivity index (χ1v) is 5.92. The van der Waals surface area contributed by atoms with E-state index < -0.39 is 22.1 Å². The summed E-state index contributed by atoms with van der Waals surface area (Å²) < 4.78 is 24.3. The lowest BCUT2D eigenvalue weighted by Gasteiger charge is -2.07. The van der Waals surface area contributed by atoms with Crippen LogP contribution >= 0.6 is 0 Å². The smallest absolute Gasteiger partial charge is 0.332 e. The van der Waals surface area contributed by atoms with Gasteiger partial charge in [-0.2, -0.15) is 0 Å². The van der Waals surface area contributed by atoms with Crippen LogP contribution in [0.4, 0.5) is 0 Å². The molecular weight excluding hydrogens is 210 g/mol. The van der Waals surface area contributed by atoms with E-state index in [4.69, 9.17) is 10.2 Å². The third kappa shape index (κ3) is 5.90. The maximum Gasteiger partial charge on any atom is 0.332 e. The van der Waals surface area contributed by atoms with Crippen LogP contribution in [-0.4, -0.2) is 43.0 Å². The fourth-order valence-corrected chi connectivity index (χ4v) is 1.93. The summed E-state index contributed by atoms with van der Waals surface area (Å²) >= 11 is 0. The number of carboxylic acids is 1. The van der Waals surface area contributed by atoms with E-state index >= 15 is 0 Å². The molecule has 6 nitrogen and oxygen atoms in total. The van der Waals surface area contributed by atoms with Crippen LogP contribution in [0.5, 0.6) is 0 Å². The van der Waals surface area contributed by atoms with Crippen molar-refractivity contribution in [1.29, 1.82) is 0 Å². The van der Waals surface area contributed by atoms with E-state index in [9.17, 15) is 13.2 Å². The largest absolute Gasteiger partial charge is 0.479 e. The molecule has 0 aliphatic heterocycles. The zero-order valence-electron chi connectivity index (χ0n) is 7.93. The lowest BCUT2D eigenvalue weighted by Crippen LogP contribution is -2.31. The first kappa shape index (κ1) is 13.3. The molecule has 0 aliphatic rings. The molecule has 7 heteroatoms. The summed E-state index contributed by atoms with van der Waals surface area (Å²) in [4.78, 5) is 10.2. The number of rotatable bonds is 7. The molecule has 84 valence electrons. The van der Waals surface area contributed by atoms with Crippen molar-refractivity contribution in [3.63, 3.8) is 0 Å². The summed E-state index contributed by atoms with van der Waals surface area (Å²) in [5.74, 6) is -1.34. The van der Waals surface area contributed by atoms with E-state index in [1.165, 1.54) is 0 Å². The number of aliphatic carboxylic acids is 1. The topological polar surface area (TPSA) is 104 Å². The highest BCUT2D eigenvalue weighted by Crippen LogP contribution is 1.93. The minimum atomic E-state index is -3.31. The van der Waals surface area contributed by atoms with Gasteiger partial charge in [-0.25, -0.2) is 17.9 Å². The van der Waals surface area contributed by atoms with Crippen molar-refractivity contribution in [3.05, 3.63) is 0 Å². The number of carboxylic acid groups (broad SMARTS) is 1. The maximum absolute atomic E-state index is 11.0. The molecule has 0 aromatic carbocycles. The van der Waals surface area contributed by atoms with E-state index in [0.29, 0.717) is 6.42 Å². The van der Waals surface area contributed by atoms with Gasteiger partial charge in [0.15, 0.2) is 6.10 Å². The van der Waals surface area contributed by atoms with Crippen molar-refractivity contribution in [2.24, 2.45) is 0 Å². The molecule has 0 saturated heterocycles. The molecule has 0 radical (unpaired) electrons. The molecule has 0 fully saturated rings. The van der Waals surface area contributed by atoms with Crippen molar-refractivity contribution in [2.75, 3.05) is 12.3 Å². The zero-order chi connectivity index (χ0) is 11.2. The lowest BCUT2D eigenvalue weighted by molar-refractivity contribution is -0.146. The third-order valence-corrected chi connectivity index (χ3v) is 3.09. The van der Waals surface area contributed by atoms with Gasteiger partial charge in [-0.15, -0.1) is 0 Å². The predicted molar refractivity (Wildman–Crippen MR) is 50.3 cm³/mol. The molecule has 1 atom stereocenters. The second-order valence-electron chi connectivity index (χ2n) is 2.86. The molecule has 0 bridgehead atoms. The average Bonchev–Trinajstić information content (AvgIpc) is 2.03. The van der Waals surface area contributed by atoms with Crippen LogP contribution in [0, 0.1) is 0 Å². The summed E-state index contributed by atoms with van der Waals surface area (Å²) in [6.45, 7) is 1.67. The van der Waals surface area contributed by atoms with E-state index in [-0.39, 0.29) is 18.7 Å². The summed E-state index contributed by atoms with van der Waals surface area (Å²) in [5.41, 5.74) is 0. The number of hydrogen-bond donors (Lipinski definition) is 3. The van der Waals surface area contributed by atoms with Crippen LogP contribution in [0.25, 0.3) is 0 Å². The van der Waals surface area contributed by atoms with Gasteiger partial charge in [-0.05, 0) is 12.8 Å². The van der Waals surface area contributed by atoms with Crippen LogP contribution in [0.3, 0.4) is 0 Å². The maximum atomic E-state index is 11.0. The Labute approximate surface area is 83.0 Å². The quantitative estimate of drug-likeness (QED) is 0.523. The first-order chi connectivity index (χ1) is 6.39. The predicted octanol–water partition coefficient (Wildman–Crippen LogP) is -0.849. The monoisotopic (exact) mass is 225 g/mol. The Balaban J connectivity index is 3.79. The Morgan fingerprint density at radius 1 is 1.50 bits per heavy atom. The summed E-state index contributed by atoms with van der Waals surface area (Å²) in [6.07, 6.45) is -1.14. The number of sulfonamides is 1. The van der Waals surface area contributed by atoms with E-state index in [1.807, 2.05) is 0 Å². The average molecular weight is 225 g/mol. The molecule has 0 unspecified atom stereocenters. The zero-order valence-corrected chi connectivity index (χ0v) is 8.75. The normalized spacial score (nSPS) is 13.9. The lowest BCUT2D eigenvalue weighted by atomic mass is 10.3. The fourth-order valence-electron chi connectivity index (χ4n) is 0.816. The van der Waals surface area contributed by atoms with E-state index in [2.05, 4.69) is 4.72 Å². The minimum absolute atomic E-state index is 0.0101. The van der Waals surface area contributed by atoms with E-state index in [0.717, 1.165) is 0 Å². The SMILES string of the molecule is CCCS(=O)(=O)NCC[C@H](O)C(=O)O. The van der Waals surface area contributed by atoms with Gasteiger partial charge < -0.3 is 10.2 Å².